The molecule has 0 bridgehead atoms. The molecule has 1 aliphatic carbocycles. The molecular formula is C34H40N4O6. The van der Waals surface area contributed by atoms with Crippen molar-refractivity contribution < 1.29 is 28.7 Å². The molecule has 0 spiro atoms. The highest BCUT2D eigenvalue weighted by molar-refractivity contribution is 6.00. The Balaban J connectivity index is 1.41. The summed E-state index contributed by atoms with van der Waals surface area (Å²) in [5, 5.41) is 5.35. The van der Waals surface area contributed by atoms with E-state index in [1.54, 1.807) is 59.3 Å². The summed E-state index contributed by atoms with van der Waals surface area (Å²) < 4.78 is 10.7. The number of ether oxygens (including phenoxy) is 2. The van der Waals surface area contributed by atoms with Crippen molar-refractivity contribution >= 4 is 40.9 Å². The number of nitrogens with zero attached hydrogens (tertiary/aromatic N) is 2. The Morgan fingerprint density at radius 2 is 1.64 bits per heavy atom. The largest absolute Gasteiger partial charge is 0.482 e. The number of amides is 4. The van der Waals surface area contributed by atoms with Gasteiger partial charge in [-0.15, -0.1) is 0 Å². The molecule has 10 nitrogen and oxygen atoms in total. The van der Waals surface area contributed by atoms with Crippen molar-refractivity contribution in [3.8, 4) is 5.75 Å². The lowest BCUT2D eigenvalue weighted by Crippen LogP contribution is -2.44. The SMILES string of the molecule is COC(=O)Cc1cccc(NC(=O)NCC(=O)N(CC2CCC2)c2ccccc2OCC(=O)N(C)c2cc(C)cc(C)c2)c1. The molecule has 4 amide bonds. The molecule has 0 atom stereocenters. The molecule has 0 heterocycles. The van der Waals surface area contributed by atoms with Crippen LogP contribution < -0.4 is 25.2 Å². The molecule has 1 saturated carbocycles. The summed E-state index contributed by atoms with van der Waals surface area (Å²) in [4.78, 5) is 54.0. The highest BCUT2D eigenvalue weighted by Gasteiger charge is 2.27. The number of rotatable bonds is 12. The summed E-state index contributed by atoms with van der Waals surface area (Å²) in [5.41, 5.74) is 4.62. The number of anilines is 3. The highest BCUT2D eigenvalue weighted by atomic mass is 16.5. The minimum absolute atomic E-state index is 0.0806. The van der Waals surface area contributed by atoms with Gasteiger partial charge in [-0.1, -0.05) is 36.8 Å². The zero-order valence-corrected chi connectivity index (χ0v) is 25.7. The van der Waals surface area contributed by atoms with Crippen LogP contribution in [0.15, 0.2) is 66.7 Å². The Labute approximate surface area is 258 Å². The van der Waals surface area contributed by atoms with E-state index in [4.69, 9.17) is 9.47 Å². The number of nitrogens with one attached hydrogen (secondary N) is 2. The number of esters is 1. The third-order valence-electron chi connectivity index (χ3n) is 7.60. The quantitative estimate of drug-likeness (QED) is 0.282. The molecule has 0 saturated heterocycles. The van der Waals surface area contributed by atoms with E-state index in [0.717, 1.165) is 36.1 Å². The van der Waals surface area contributed by atoms with E-state index >= 15 is 0 Å². The summed E-state index contributed by atoms with van der Waals surface area (Å²) in [6.07, 6.45) is 3.22. The van der Waals surface area contributed by atoms with Gasteiger partial charge in [0.15, 0.2) is 6.61 Å². The lowest BCUT2D eigenvalue weighted by Gasteiger charge is -2.33. The molecule has 3 aromatic rings. The highest BCUT2D eigenvalue weighted by Crippen LogP contribution is 2.33. The van der Waals surface area contributed by atoms with Crippen molar-refractivity contribution in [2.45, 2.75) is 39.5 Å². The number of carbonyl (C=O) groups excluding carboxylic acids is 4. The van der Waals surface area contributed by atoms with Gasteiger partial charge in [0.1, 0.15) is 5.75 Å². The topological polar surface area (TPSA) is 117 Å². The van der Waals surface area contributed by atoms with Crippen molar-refractivity contribution in [1.29, 1.82) is 0 Å². The Morgan fingerprint density at radius 3 is 2.32 bits per heavy atom. The number of hydrogen-bond donors (Lipinski definition) is 2. The van der Waals surface area contributed by atoms with Crippen LogP contribution in [0, 0.1) is 19.8 Å². The molecule has 44 heavy (non-hydrogen) atoms. The van der Waals surface area contributed by atoms with Gasteiger partial charge in [-0.25, -0.2) is 4.79 Å². The molecule has 1 fully saturated rings. The van der Waals surface area contributed by atoms with Crippen molar-refractivity contribution in [3.63, 3.8) is 0 Å². The van der Waals surface area contributed by atoms with Gasteiger partial charge in [-0.3, -0.25) is 14.4 Å². The minimum Gasteiger partial charge on any atom is -0.482 e. The number of benzene rings is 3. The van der Waals surface area contributed by atoms with E-state index in [1.807, 2.05) is 38.1 Å². The second-order valence-corrected chi connectivity index (χ2v) is 11.1. The summed E-state index contributed by atoms with van der Waals surface area (Å²) in [5.74, 6) is -0.160. The van der Waals surface area contributed by atoms with Gasteiger partial charge >= 0.3 is 12.0 Å². The second-order valence-electron chi connectivity index (χ2n) is 11.1. The number of para-hydroxylation sites is 2. The minimum atomic E-state index is -0.554. The van der Waals surface area contributed by atoms with Crippen LogP contribution in [0.5, 0.6) is 5.75 Å². The average Bonchev–Trinajstić information content (AvgIpc) is 2.97. The smallest absolute Gasteiger partial charge is 0.319 e. The number of methoxy groups -OCH3 is 1. The number of carbonyl (C=O) groups is 4. The molecule has 0 radical (unpaired) electrons. The summed E-state index contributed by atoms with van der Waals surface area (Å²) >= 11 is 0. The first-order chi connectivity index (χ1) is 21.1. The third kappa shape index (κ3) is 8.82. The fourth-order valence-electron chi connectivity index (χ4n) is 5.02. The molecule has 1 aliphatic rings. The second kappa shape index (κ2) is 15.0. The summed E-state index contributed by atoms with van der Waals surface area (Å²) in [7, 11) is 3.03. The van der Waals surface area contributed by atoms with Crippen LogP contribution in [0.3, 0.4) is 0 Å². The van der Waals surface area contributed by atoms with Gasteiger partial charge in [0.05, 0.1) is 25.8 Å². The van der Waals surface area contributed by atoms with Crippen molar-refractivity contribution in [1.82, 2.24) is 5.32 Å². The maximum Gasteiger partial charge on any atom is 0.319 e. The summed E-state index contributed by atoms with van der Waals surface area (Å²) in [6.45, 7) is 4.00. The maximum atomic E-state index is 13.5. The van der Waals surface area contributed by atoms with Gasteiger partial charge in [-0.2, -0.15) is 0 Å². The zero-order chi connectivity index (χ0) is 31.6. The van der Waals surface area contributed by atoms with Crippen LogP contribution in [0.4, 0.5) is 21.9 Å². The van der Waals surface area contributed by atoms with Gasteiger partial charge in [0, 0.05) is 25.0 Å². The predicted molar refractivity (Wildman–Crippen MR) is 170 cm³/mol. The number of hydrogen-bond acceptors (Lipinski definition) is 6. The maximum absolute atomic E-state index is 13.5. The van der Waals surface area contributed by atoms with E-state index in [2.05, 4.69) is 10.6 Å². The van der Waals surface area contributed by atoms with Gasteiger partial charge in [0.25, 0.3) is 5.91 Å². The van der Waals surface area contributed by atoms with Crippen LogP contribution in [0.25, 0.3) is 0 Å². The normalized spacial score (nSPS) is 12.5. The molecule has 4 rings (SSSR count). The van der Waals surface area contributed by atoms with Gasteiger partial charge in [-0.05, 0) is 85.7 Å². The fraction of sp³-hybridized carbons (Fsp3) is 0.353. The van der Waals surface area contributed by atoms with Crippen LogP contribution >= 0.6 is 0 Å². The van der Waals surface area contributed by atoms with Crippen molar-refractivity contribution in [2.24, 2.45) is 5.92 Å². The number of aryl methyl sites for hydroxylation is 2. The Bertz CT molecular complexity index is 1480. The average molecular weight is 601 g/mol. The van der Waals surface area contributed by atoms with Gasteiger partial charge < -0.3 is 29.9 Å². The first-order valence-corrected chi connectivity index (χ1v) is 14.7. The van der Waals surface area contributed by atoms with E-state index in [1.165, 1.54) is 7.11 Å². The first-order valence-electron chi connectivity index (χ1n) is 14.7. The lowest BCUT2D eigenvalue weighted by atomic mass is 9.85. The molecule has 2 N–H and O–H groups in total. The number of likely N-dealkylation sites (N-methyl/N-ethyl adjacent to an activating group) is 1. The Hall–Kier alpha value is -4.86. The van der Waals surface area contributed by atoms with E-state index < -0.39 is 6.03 Å². The van der Waals surface area contributed by atoms with E-state index in [0.29, 0.717) is 35.2 Å². The molecule has 0 aromatic heterocycles. The van der Waals surface area contributed by atoms with Crippen LogP contribution in [0.2, 0.25) is 0 Å². The van der Waals surface area contributed by atoms with Crippen LogP contribution in [0.1, 0.15) is 36.0 Å². The molecular weight excluding hydrogens is 560 g/mol. The predicted octanol–water partition coefficient (Wildman–Crippen LogP) is 5.02. The Morgan fingerprint density at radius 1 is 0.909 bits per heavy atom. The van der Waals surface area contributed by atoms with Crippen molar-refractivity contribution in [2.75, 3.05) is 49.0 Å². The molecule has 10 heteroatoms. The van der Waals surface area contributed by atoms with Crippen LogP contribution in [-0.4, -0.2) is 57.7 Å². The zero-order valence-electron chi connectivity index (χ0n) is 25.7. The summed E-state index contributed by atoms with van der Waals surface area (Å²) in [6, 6.07) is 19.4. The number of urea groups is 1. The van der Waals surface area contributed by atoms with E-state index in [9.17, 15) is 19.2 Å². The molecule has 3 aromatic carbocycles. The molecule has 0 unspecified atom stereocenters. The lowest BCUT2D eigenvalue weighted by molar-refractivity contribution is -0.139. The Kier molecular flexibility index (Phi) is 11.0. The van der Waals surface area contributed by atoms with Crippen molar-refractivity contribution in [3.05, 3.63) is 83.4 Å². The van der Waals surface area contributed by atoms with Crippen LogP contribution in [-0.2, 0) is 25.5 Å². The monoisotopic (exact) mass is 600 g/mol. The fourth-order valence-corrected chi connectivity index (χ4v) is 5.02. The van der Waals surface area contributed by atoms with E-state index in [-0.39, 0.29) is 37.4 Å². The first kappa shape index (κ1) is 32.1. The third-order valence-corrected chi connectivity index (χ3v) is 7.60. The molecule has 232 valence electrons. The van der Waals surface area contributed by atoms with Gasteiger partial charge in [0.2, 0.25) is 5.91 Å². The standard InChI is InChI=1S/C34H40N4O6/c1-23-15-24(2)17-28(16-23)37(3)32(40)22-44-30-14-6-5-13-29(30)38(21-25-9-7-10-25)31(39)20-35-34(42)36-27-12-8-11-26(18-27)19-33(41)43-4/h5-6,8,11-18,25H,7,9-10,19-22H2,1-4H3,(H2,35,36,42). The molecule has 0 aliphatic heterocycles.